The number of carbonyl (C=O) groups is 2. The van der Waals surface area contributed by atoms with Crippen molar-refractivity contribution in [2.24, 2.45) is 0 Å². The number of amides is 2. The van der Waals surface area contributed by atoms with E-state index in [1.165, 1.54) is 24.3 Å². The third kappa shape index (κ3) is 6.02. The molecule has 0 fully saturated rings. The van der Waals surface area contributed by atoms with E-state index in [0.717, 1.165) is 27.9 Å². The lowest BCUT2D eigenvalue weighted by Crippen LogP contribution is -2.33. The van der Waals surface area contributed by atoms with Gasteiger partial charge < -0.3 is 10.6 Å². The summed E-state index contributed by atoms with van der Waals surface area (Å²) < 4.78 is 28.0. The van der Waals surface area contributed by atoms with Gasteiger partial charge in [0.2, 0.25) is 5.91 Å². The number of nitrogens with one attached hydrogen (secondary N) is 3. The maximum Gasteiger partial charge on any atom is 0.262 e. The SMILES string of the molecule is Cc1cc(C)c(NC(=O)CNC(=O)c2ccc(NS(=O)(=O)c3cc(C)ccc3C)cc2)c(C)c1. The standard InChI is InChI=1S/C26H29N3O4S/c1-16-6-7-18(3)23(14-16)34(32,33)29-22-10-8-21(9-11-22)26(31)27-15-24(30)28-25-19(4)12-17(2)13-20(25)5/h6-14,29H,15H2,1-5H3,(H,27,31)(H,28,30). The molecule has 2 amide bonds. The van der Waals surface area contributed by atoms with E-state index in [9.17, 15) is 18.0 Å². The van der Waals surface area contributed by atoms with Gasteiger partial charge in [-0.1, -0.05) is 29.8 Å². The molecule has 0 heterocycles. The van der Waals surface area contributed by atoms with Crippen LogP contribution in [-0.4, -0.2) is 26.8 Å². The lowest BCUT2D eigenvalue weighted by Gasteiger charge is -2.13. The van der Waals surface area contributed by atoms with Gasteiger partial charge in [-0.15, -0.1) is 0 Å². The van der Waals surface area contributed by atoms with Gasteiger partial charge in [0, 0.05) is 16.9 Å². The lowest BCUT2D eigenvalue weighted by molar-refractivity contribution is -0.115. The predicted molar refractivity (Wildman–Crippen MR) is 135 cm³/mol. The second-order valence-electron chi connectivity index (χ2n) is 8.46. The van der Waals surface area contributed by atoms with Crippen LogP contribution < -0.4 is 15.4 Å². The van der Waals surface area contributed by atoms with E-state index < -0.39 is 15.9 Å². The summed E-state index contributed by atoms with van der Waals surface area (Å²) in [6.07, 6.45) is 0. The second-order valence-corrected chi connectivity index (χ2v) is 10.1. The maximum absolute atomic E-state index is 12.8. The third-order valence-corrected chi connectivity index (χ3v) is 6.91. The lowest BCUT2D eigenvalue weighted by atomic mass is 10.1. The zero-order valence-corrected chi connectivity index (χ0v) is 20.8. The fourth-order valence-corrected chi connectivity index (χ4v) is 5.11. The second kappa shape index (κ2) is 10.1. The molecule has 3 N–H and O–H groups in total. The normalized spacial score (nSPS) is 11.1. The molecule has 0 atom stereocenters. The van der Waals surface area contributed by atoms with Crippen LogP contribution in [0.4, 0.5) is 11.4 Å². The maximum atomic E-state index is 12.8. The van der Waals surface area contributed by atoms with Gasteiger partial charge in [-0.3, -0.25) is 14.3 Å². The molecular weight excluding hydrogens is 450 g/mol. The Morgan fingerprint density at radius 1 is 0.765 bits per heavy atom. The van der Waals surface area contributed by atoms with E-state index in [2.05, 4.69) is 15.4 Å². The Hall–Kier alpha value is -3.65. The number of anilines is 2. The Bertz CT molecular complexity index is 1320. The highest BCUT2D eigenvalue weighted by Crippen LogP contribution is 2.22. The largest absolute Gasteiger partial charge is 0.343 e. The molecule has 0 spiro atoms. The molecule has 0 saturated carbocycles. The number of hydrogen-bond acceptors (Lipinski definition) is 4. The van der Waals surface area contributed by atoms with Crippen molar-refractivity contribution in [1.29, 1.82) is 0 Å². The van der Waals surface area contributed by atoms with E-state index in [1.807, 2.05) is 45.9 Å². The number of aryl methyl sites for hydroxylation is 5. The molecule has 34 heavy (non-hydrogen) atoms. The van der Waals surface area contributed by atoms with Crippen molar-refractivity contribution in [3.8, 4) is 0 Å². The molecule has 0 aliphatic carbocycles. The Morgan fingerprint density at radius 3 is 2.00 bits per heavy atom. The summed E-state index contributed by atoms with van der Waals surface area (Å²) in [5, 5.41) is 5.43. The molecule has 0 aromatic heterocycles. The summed E-state index contributed by atoms with van der Waals surface area (Å²) in [5.41, 5.74) is 5.89. The van der Waals surface area contributed by atoms with Crippen LogP contribution in [-0.2, 0) is 14.8 Å². The molecule has 0 unspecified atom stereocenters. The van der Waals surface area contributed by atoms with Crippen molar-refractivity contribution in [3.63, 3.8) is 0 Å². The molecule has 8 heteroatoms. The minimum absolute atomic E-state index is 0.188. The molecule has 0 saturated heterocycles. The van der Waals surface area contributed by atoms with E-state index in [4.69, 9.17) is 0 Å². The van der Waals surface area contributed by atoms with Crippen molar-refractivity contribution >= 4 is 33.2 Å². The molecule has 0 aliphatic heterocycles. The van der Waals surface area contributed by atoms with Crippen molar-refractivity contribution in [1.82, 2.24) is 5.32 Å². The molecule has 0 radical (unpaired) electrons. The van der Waals surface area contributed by atoms with Crippen molar-refractivity contribution < 1.29 is 18.0 Å². The van der Waals surface area contributed by atoms with Crippen LogP contribution in [0.15, 0.2) is 59.5 Å². The van der Waals surface area contributed by atoms with Crippen molar-refractivity contribution in [2.75, 3.05) is 16.6 Å². The average Bonchev–Trinajstić information content (AvgIpc) is 2.76. The van der Waals surface area contributed by atoms with Crippen LogP contribution in [0, 0.1) is 34.6 Å². The van der Waals surface area contributed by atoms with Gasteiger partial charge >= 0.3 is 0 Å². The summed E-state index contributed by atoms with van der Waals surface area (Å²) in [6.45, 7) is 9.21. The first kappa shape index (κ1) is 25.0. The minimum atomic E-state index is -3.76. The fraction of sp³-hybridized carbons (Fsp3) is 0.231. The van der Waals surface area contributed by atoms with E-state index in [-0.39, 0.29) is 17.3 Å². The van der Waals surface area contributed by atoms with Gasteiger partial charge in [-0.2, -0.15) is 0 Å². The molecule has 0 aliphatic rings. The first-order valence-corrected chi connectivity index (χ1v) is 12.3. The molecule has 0 bridgehead atoms. The fourth-order valence-electron chi connectivity index (χ4n) is 3.72. The Kier molecular flexibility index (Phi) is 7.41. The molecule has 178 valence electrons. The van der Waals surface area contributed by atoms with Crippen LogP contribution in [0.3, 0.4) is 0 Å². The van der Waals surface area contributed by atoms with Crippen LogP contribution in [0.5, 0.6) is 0 Å². The zero-order valence-electron chi connectivity index (χ0n) is 19.9. The van der Waals surface area contributed by atoms with Crippen LogP contribution in [0.25, 0.3) is 0 Å². The first-order valence-electron chi connectivity index (χ1n) is 10.8. The number of hydrogen-bond donors (Lipinski definition) is 3. The highest BCUT2D eigenvalue weighted by molar-refractivity contribution is 7.92. The number of sulfonamides is 1. The van der Waals surface area contributed by atoms with Gasteiger partial charge in [0.15, 0.2) is 0 Å². The molecule has 7 nitrogen and oxygen atoms in total. The van der Waals surface area contributed by atoms with Gasteiger partial charge in [0.1, 0.15) is 0 Å². The summed E-state index contributed by atoms with van der Waals surface area (Å²) in [7, 11) is -3.76. The van der Waals surface area contributed by atoms with Crippen LogP contribution in [0.2, 0.25) is 0 Å². The van der Waals surface area contributed by atoms with Gasteiger partial charge in [0.05, 0.1) is 11.4 Å². The third-order valence-electron chi connectivity index (χ3n) is 5.38. The smallest absolute Gasteiger partial charge is 0.262 e. The monoisotopic (exact) mass is 479 g/mol. The molecule has 3 rings (SSSR count). The first-order chi connectivity index (χ1) is 16.0. The van der Waals surface area contributed by atoms with E-state index in [0.29, 0.717) is 16.8 Å². The van der Waals surface area contributed by atoms with E-state index >= 15 is 0 Å². The highest BCUT2D eigenvalue weighted by atomic mass is 32.2. The number of rotatable bonds is 7. The summed E-state index contributed by atoms with van der Waals surface area (Å²) in [5.74, 6) is -0.766. The topological polar surface area (TPSA) is 104 Å². The summed E-state index contributed by atoms with van der Waals surface area (Å²) in [4.78, 5) is 25.0. The van der Waals surface area contributed by atoms with Crippen molar-refractivity contribution in [3.05, 3.63) is 88.0 Å². The summed E-state index contributed by atoms with van der Waals surface area (Å²) >= 11 is 0. The quantitative estimate of drug-likeness (QED) is 0.467. The van der Waals surface area contributed by atoms with Gasteiger partial charge in [-0.25, -0.2) is 8.42 Å². The number of carbonyl (C=O) groups excluding carboxylic acids is 2. The predicted octanol–water partition coefficient (Wildman–Crippen LogP) is 4.40. The zero-order chi connectivity index (χ0) is 25.0. The van der Waals surface area contributed by atoms with Crippen LogP contribution in [0.1, 0.15) is 38.2 Å². The Balaban J connectivity index is 1.61. The van der Waals surface area contributed by atoms with Gasteiger partial charge in [0.25, 0.3) is 15.9 Å². The Labute approximate surface area is 200 Å². The summed E-state index contributed by atoms with van der Waals surface area (Å²) in [6, 6.07) is 15.2. The Morgan fingerprint density at radius 2 is 1.38 bits per heavy atom. The van der Waals surface area contributed by atoms with Crippen molar-refractivity contribution in [2.45, 2.75) is 39.5 Å². The molecular formula is C26H29N3O4S. The van der Waals surface area contributed by atoms with Crippen LogP contribution >= 0.6 is 0 Å². The minimum Gasteiger partial charge on any atom is -0.343 e. The average molecular weight is 480 g/mol. The molecule has 3 aromatic rings. The molecule has 3 aromatic carbocycles. The van der Waals surface area contributed by atoms with E-state index in [1.54, 1.807) is 19.1 Å². The van der Waals surface area contributed by atoms with Gasteiger partial charge in [-0.05, 0) is 87.2 Å². The number of benzene rings is 3. The highest BCUT2D eigenvalue weighted by Gasteiger charge is 2.17.